The molecule has 2 rings (SSSR count). The van der Waals surface area contributed by atoms with E-state index < -0.39 is 15.8 Å². The van der Waals surface area contributed by atoms with Crippen LogP contribution < -0.4 is 10.0 Å². The van der Waals surface area contributed by atoms with Crippen molar-refractivity contribution in [1.29, 1.82) is 0 Å². The molecule has 0 bridgehead atoms. The molecule has 7 heteroatoms. The molecule has 20 heavy (non-hydrogen) atoms. The molecule has 0 spiro atoms. The van der Waals surface area contributed by atoms with Crippen molar-refractivity contribution in [3.8, 4) is 0 Å². The van der Waals surface area contributed by atoms with E-state index in [1.165, 1.54) is 18.2 Å². The maximum absolute atomic E-state index is 13.2. The third kappa shape index (κ3) is 4.15. The SMILES string of the molecule is Cc1cc(S(=O)(=O)NC2CCNC(C)C2)ccc1F.Cl. The smallest absolute Gasteiger partial charge is 0.240 e. The van der Waals surface area contributed by atoms with Gasteiger partial charge in [0.25, 0.3) is 0 Å². The summed E-state index contributed by atoms with van der Waals surface area (Å²) in [6, 6.07) is 4.09. The first-order valence-corrected chi connectivity index (χ1v) is 7.88. The van der Waals surface area contributed by atoms with E-state index in [4.69, 9.17) is 0 Å². The summed E-state index contributed by atoms with van der Waals surface area (Å²) >= 11 is 0. The van der Waals surface area contributed by atoms with Crippen LogP contribution in [0.5, 0.6) is 0 Å². The maximum Gasteiger partial charge on any atom is 0.240 e. The minimum absolute atomic E-state index is 0. The van der Waals surface area contributed by atoms with Gasteiger partial charge in [0.2, 0.25) is 10.0 Å². The molecule has 0 aliphatic carbocycles. The zero-order chi connectivity index (χ0) is 14.0. The van der Waals surface area contributed by atoms with Gasteiger partial charge in [-0.3, -0.25) is 0 Å². The molecule has 0 saturated carbocycles. The summed E-state index contributed by atoms with van der Waals surface area (Å²) in [6.07, 6.45) is 1.53. The van der Waals surface area contributed by atoms with Gasteiger partial charge in [-0.2, -0.15) is 0 Å². The van der Waals surface area contributed by atoms with Crippen molar-refractivity contribution in [3.63, 3.8) is 0 Å². The summed E-state index contributed by atoms with van der Waals surface area (Å²) in [7, 11) is -3.57. The number of hydrogen-bond acceptors (Lipinski definition) is 3. The highest BCUT2D eigenvalue weighted by Gasteiger charge is 2.24. The van der Waals surface area contributed by atoms with Gasteiger partial charge in [0.15, 0.2) is 0 Å². The second kappa shape index (κ2) is 6.85. The fourth-order valence-corrected chi connectivity index (χ4v) is 3.68. The molecular formula is C13H20ClFN2O2S. The van der Waals surface area contributed by atoms with E-state index in [2.05, 4.69) is 10.0 Å². The van der Waals surface area contributed by atoms with Crippen LogP contribution in [0, 0.1) is 12.7 Å². The van der Waals surface area contributed by atoms with Gasteiger partial charge in [-0.05, 0) is 57.0 Å². The molecule has 2 N–H and O–H groups in total. The molecule has 1 aromatic rings. The molecule has 1 fully saturated rings. The Labute approximate surface area is 125 Å². The zero-order valence-electron chi connectivity index (χ0n) is 11.5. The Morgan fingerprint density at radius 1 is 1.40 bits per heavy atom. The number of aryl methyl sites for hydroxylation is 1. The summed E-state index contributed by atoms with van der Waals surface area (Å²) < 4.78 is 40.3. The van der Waals surface area contributed by atoms with E-state index in [0.717, 1.165) is 19.4 Å². The van der Waals surface area contributed by atoms with Crippen LogP contribution in [0.15, 0.2) is 23.1 Å². The van der Waals surface area contributed by atoms with Crippen molar-refractivity contribution in [1.82, 2.24) is 10.0 Å². The first kappa shape index (κ1) is 17.4. The standard InChI is InChI=1S/C13H19FN2O2S.ClH/c1-9-7-12(3-4-13(9)14)19(17,18)16-11-5-6-15-10(2)8-11;/h3-4,7,10-11,15-16H,5-6,8H2,1-2H3;1H. The molecule has 1 heterocycles. The highest BCUT2D eigenvalue weighted by atomic mass is 35.5. The summed E-state index contributed by atoms with van der Waals surface area (Å²) in [5, 5.41) is 3.27. The molecule has 1 aliphatic rings. The molecular weight excluding hydrogens is 303 g/mol. The topological polar surface area (TPSA) is 58.2 Å². The third-order valence-electron chi connectivity index (χ3n) is 3.39. The average molecular weight is 323 g/mol. The number of hydrogen-bond donors (Lipinski definition) is 2. The predicted octanol–water partition coefficient (Wildman–Crippen LogP) is 1.97. The summed E-state index contributed by atoms with van der Waals surface area (Å²) in [4.78, 5) is 0.123. The Morgan fingerprint density at radius 2 is 2.10 bits per heavy atom. The van der Waals surface area contributed by atoms with Crippen LogP contribution in [0.4, 0.5) is 4.39 Å². The molecule has 0 aromatic heterocycles. The van der Waals surface area contributed by atoms with E-state index in [9.17, 15) is 12.8 Å². The number of benzene rings is 1. The second-order valence-corrected chi connectivity index (χ2v) is 6.82. The molecule has 1 aromatic carbocycles. The van der Waals surface area contributed by atoms with Gasteiger partial charge >= 0.3 is 0 Å². The normalized spacial score (nSPS) is 23.1. The first-order valence-electron chi connectivity index (χ1n) is 6.40. The Bertz CT molecular complexity index is 565. The highest BCUT2D eigenvalue weighted by molar-refractivity contribution is 7.89. The molecule has 2 unspecified atom stereocenters. The number of rotatable bonds is 3. The second-order valence-electron chi connectivity index (χ2n) is 5.11. The quantitative estimate of drug-likeness (QED) is 0.894. The van der Waals surface area contributed by atoms with Gasteiger partial charge in [-0.1, -0.05) is 0 Å². The van der Waals surface area contributed by atoms with E-state index in [1.54, 1.807) is 6.92 Å². The predicted molar refractivity (Wildman–Crippen MR) is 79.2 cm³/mol. The summed E-state index contributed by atoms with van der Waals surface area (Å²) in [6.45, 7) is 4.39. The van der Waals surface area contributed by atoms with Gasteiger partial charge in [0.1, 0.15) is 5.82 Å². The van der Waals surface area contributed by atoms with Crippen molar-refractivity contribution in [2.75, 3.05) is 6.54 Å². The molecule has 4 nitrogen and oxygen atoms in total. The Hall–Kier alpha value is -0.690. The Balaban J connectivity index is 0.00000200. The number of piperidine rings is 1. The van der Waals surface area contributed by atoms with Crippen LogP contribution in [0.3, 0.4) is 0 Å². The van der Waals surface area contributed by atoms with Crippen LogP contribution in [-0.4, -0.2) is 27.0 Å². The lowest BCUT2D eigenvalue weighted by molar-refractivity contribution is 0.361. The summed E-state index contributed by atoms with van der Waals surface area (Å²) in [5.41, 5.74) is 0.335. The van der Waals surface area contributed by atoms with Crippen molar-refractivity contribution in [2.24, 2.45) is 0 Å². The van der Waals surface area contributed by atoms with Crippen LogP contribution in [-0.2, 0) is 10.0 Å². The van der Waals surface area contributed by atoms with E-state index in [-0.39, 0.29) is 23.3 Å². The van der Waals surface area contributed by atoms with Crippen molar-refractivity contribution in [3.05, 3.63) is 29.6 Å². The van der Waals surface area contributed by atoms with E-state index in [0.29, 0.717) is 11.6 Å². The van der Waals surface area contributed by atoms with Gasteiger partial charge in [0.05, 0.1) is 4.90 Å². The monoisotopic (exact) mass is 322 g/mol. The lowest BCUT2D eigenvalue weighted by Crippen LogP contribution is -2.46. The van der Waals surface area contributed by atoms with E-state index in [1.807, 2.05) is 6.92 Å². The van der Waals surface area contributed by atoms with Gasteiger partial charge in [0, 0.05) is 12.1 Å². The Kier molecular flexibility index (Phi) is 5.94. The van der Waals surface area contributed by atoms with Gasteiger partial charge < -0.3 is 5.32 Å². The summed E-state index contributed by atoms with van der Waals surface area (Å²) in [5.74, 6) is -0.394. The minimum Gasteiger partial charge on any atom is -0.314 e. The average Bonchev–Trinajstić information content (AvgIpc) is 2.32. The molecule has 0 amide bonds. The van der Waals surface area contributed by atoms with Crippen LogP contribution in [0.25, 0.3) is 0 Å². The van der Waals surface area contributed by atoms with Gasteiger partial charge in [-0.25, -0.2) is 17.5 Å². The lowest BCUT2D eigenvalue weighted by atomic mass is 10.0. The fraction of sp³-hybridized carbons (Fsp3) is 0.538. The van der Waals surface area contributed by atoms with Crippen molar-refractivity contribution in [2.45, 2.75) is 43.7 Å². The molecule has 0 radical (unpaired) electrons. The molecule has 1 aliphatic heterocycles. The minimum atomic E-state index is -3.57. The molecule has 1 saturated heterocycles. The third-order valence-corrected chi connectivity index (χ3v) is 4.90. The largest absolute Gasteiger partial charge is 0.314 e. The molecule has 2 atom stereocenters. The van der Waals surface area contributed by atoms with Crippen molar-refractivity contribution < 1.29 is 12.8 Å². The van der Waals surface area contributed by atoms with E-state index >= 15 is 0 Å². The maximum atomic E-state index is 13.2. The first-order chi connectivity index (χ1) is 8.88. The Morgan fingerprint density at radius 3 is 2.70 bits per heavy atom. The number of halogens is 2. The molecule has 114 valence electrons. The van der Waals surface area contributed by atoms with Gasteiger partial charge in [-0.15, -0.1) is 12.4 Å². The fourth-order valence-electron chi connectivity index (χ4n) is 2.31. The number of sulfonamides is 1. The number of nitrogens with one attached hydrogen (secondary N) is 2. The van der Waals surface area contributed by atoms with Crippen molar-refractivity contribution >= 4 is 22.4 Å². The lowest BCUT2D eigenvalue weighted by Gasteiger charge is -2.28. The van der Waals surface area contributed by atoms with Crippen LogP contribution >= 0.6 is 12.4 Å². The van der Waals surface area contributed by atoms with Crippen LogP contribution in [0.1, 0.15) is 25.3 Å². The highest BCUT2D eigenvalue weighted by Crippen LogP contribution is 2.17. The zero-order valence-corrected chi connectivity index (χ0v) is 13.2. The van der Waals surface area contributed by atoms with Crippen LogP contribution in [0.2, 0.25) is 0 Å².